The molecule has 1 unspecified atom stereocenters. The van der Waals surface area contributed by atoms with E-state index in [2.05, 4.69) is 11.8 Å². The summed E-state index contributed by atoms with van der Waals surface area (Å²) in [6, 6.07) is 16.7. The van der Waals surface area contributed by atoms with Crippen molar-refractivity contribution in [3.63, 3.8) is 0 Å². The Morgan fingerprint density at radius 1 is 0.786 bits per heavy atom. The van der Waals surface area contributed by atoms with Crippen LogP contribution in [0.4, 0.5) is 0 Å². The standard InChI is InChI=1S/C31H41N7O4/c1-2-36-16-18-38(29(31(41)42)14-3-4-15-32)19-17-37(22-30(39)40)21-24-9-6-11-26(34-24)28-13-7-12-27(35-28)25-10-5-8-23(20-36)33-25/h5-13,29H,2-4,14-22,32H2,1H3,(H,39,40)(H,41,42). The van der Waals surface area contributed by atoms with Gasteiger partial charge in [0.15, 0.2) is 0 Å². The van der Waals surface area contributed by atoms with E-state index in [0.717, 1.165) is 30.0 Å². The zero-order valence-corrected chi connectivity index (χ0v) is 24.2. The summed E-state index contributed by atoms with van der Waals surface area (Å²) >= 11 is 0. The molecular formula is C31H41N7O4. The molecule has 11 heteroatoms. The lowest BCUT2D eigenvalue weighted by Crippen LogP contribution is -2.48. The molecule has 0 spiro atoms. The molecule has 4 heterocycles. The van der Waals surface area contributed by atoms with Gasteiger partial charge in [-0.1, -0.05) is 31.5 Å². The van der Waals surface area contributed by atoms with E-state index in [1.54, 1.807) is 4.90 Å². The summed E-state index contributed by atoms with van der Waals surface area (Å²) in [4.78, 5) is 44.8. The minimum Gasteiger partial charge on any atom is -0.480 e. The maximum atomic E-state index is 12.4. The van der Waals surface area contributed by atoms with Crippen LogP contribution in [0.25, 0.3) is 22.8 Å². The topological polar surface area (TPSA) is 149 Å². The summed E-state index contributed by atoms with van der Waals surface area (Å²) in [5.74, 6) is -1.82. The van der Waals surface area contributed by atoms with Crippen molar-refractivity contribution in [2.45, 2.75) is 45.3 Å². The summed E-state index contributed by atoms with van der Waals surface area (Å²) in [5.41, 5.74) is 10.2. The van der Waals surface area contributed by atoms with Gasteiger partial charge in [0.25, 0.3) is 0 Å². The third-order valence-corrected chi connectivity index (χ3v) is 7.53. The Morgan fingerprint density at radius 2 is 1.31 bits per heavy atom. The first-order valence-electron chi connectivity index (χ1n) is 14.6. The molecule has 1 atom stereocenters. The molecule has 6 bridgehead atoms. The third kappa shape index (κ3) is 8.86. The number of aromatic nitrogens is 3. The van der Waals surface area contributed by atoms with Crippen molar-refractivity contribution in [3.05, 3.63) is 66.0 Å². The Kier molecular flexibility index (Phi) is 11.5. The van der Waals surface area contributed by atoms with E-state index in [-0.39, 0.29) is 6.54 Å². The summed E-state index contributed by atoms with van der Waals surface area (Å²) < 4.78 is 0. The number of aliphatic carboxylic acids is 2. The molecule has 0 aliphatic carbocycles. The quantitative estimate of drug-likeness (QED) is 0.323. The first-order valence-corrected chi connectivity index (χ1v) is 14.6. The van der Waals surface area contributed by atoms with Gasteiger partial charge in [0, 0.05) is 39.3 Å². The van der Waals surface area contributed by atoms with Crippen LogP contribution in [0.5, 0.6) is 0 Å². The molecule has 0 saturated heterocycles. The number of unbranched alkanes of at least 4 members (excludes halogenated alkanes) is 1. The van der Waals surface area contributed by atoms with Crippen molar-refractivity contribution in [2.75, 3.05) is 45.8 Å². The number of hydrogen-bond donors (Lipinski definition) is 3. The average molecular weight is 576 g/mol. The van der Waals surface area contributed by atoms with Gasteiger partial charge in [-0.3, -0.25) is 24.3 Å². The number of rotatable bonds is 9. The average Bonchev–Trinajstić information content (AvgIpc) is 2.98. The number of nitrogens with two attached hydrogens (primary N) is 1. The zero-order chi connectivity index (χ0) is 29.9. The van der Waals surface area contributed by atoms with E-state index in [9.17, 15) is 19.8 Å². The molecule has 1 aliphatic heterocycles. The Balaban J connectivity index is 1.71. The number of carboxylic acids is 2. The summed E-state index contributed by atoms with van der Waals surface area (Å²) in [5, 5.41) is 19.8. The lowest BCUT2D eigenvalue weighted by atomic mass is 10.1. The highest BCUT2D eigenvalue weighted by atomic mass is 16.4. The van der Waals surface area contributed by atoms with Crippen LogP contribution in [0.15, 0.2) is 54.6 Å². The van der Waals surface area contributed by atoms with Crippen LogP contribution < -0.4 is 5.73 Å². The van der Waals surface area contributed by atoms with Gasteiger partial charge < -0.3 is 15.9 Å². The highest BCUT2D eigenvalue weighted by molar-refractivity contribution is 5.73. The SMILES string of the molecule is CCN1CCN(C(CCCCN)C(=O)O)CCN(CC(=O)O)Cc2cccc(n2)-c2cccc(n2)-c2cccc(n2)C1. The van der Waals surface area contributed by atoms with Crippen LogP contribution in [0, 0.1) is 0 Å². The maximum absolute atomic E-state index is 12.4. The number of hydrogen-bond acceptors (Lipinski definition) is 9. The van der Waals surface area contributed by atoms with Gasteiger partial charge in [-0.05, 0) is 62.3 Å². The fourth-order valence-corrected chi connectivity index (χ4v) is 5.26. The Morgan fingerprint density at radius 3 is 1.83 bits per heavy atom. The van der Waals surface area contributed by atoms with Crippen molar-refractivity contribution in [1.29, 1.82) is 0 Å². The van der Waals surface area contributed by atoms with E-state index in [0.29, 0.717) is 75.7 Å². The van der Waals surface area contributed by atoms with E-state index in [1.807, 2.05) is 59.5 Å². The normalized spacial score (nSPS) is 16.3. The summed E-state index contributed by atoms with van der Waals surface area (Å²) in [7, 11) is 0. The molecule has 0 fully saturated rings. The zero-order valence-electron chi connectivity index (χ0n) is 24.2. The molecule has 1 aliphatic rings. The first kappa shape index (κ1) is 31.2. The molecular weight excluding hydrogens is 534 g/mol. The van der Waals surface area contributed by atoms with E-state index >= 15 is 0 Å². The van der Waals surface area contributed by atoms with Crippen LogP contribution in [-0.4, -0.2) is 104 Å². The molecule has 4 rings (SSSR count). The molecule has 4 N–H and O–H groups in total. The van der Waals surface area contributed by atoms with Gasteiger partial charge in [0.1, 0.15) is 6.04 Å². The number of fused-ring (bicyclic) bond motifs is 8. The molecule has 3 aromatic heterocycles. The van der Waals surface area contributed by atoms with Crippen molar-refractivity contribution < 1.29 is 19.8 Å². The van der Waals surface area contributed by atoms with Crippen molar-refractivity contribution in [2.24, 2.45) is 5.73 Å². The van der Waals surface area contributed by atoms with E-state index < -0.39 is 18.0 Å². The highest BCUT2D eigenvalue weighted by Gasteiger charge is 2.26. The molecule has 224 valence electrons. The first-order chi connectivity index (χ1) is 20.4. The van der Waals surface area contributed by atoms with Gasteiger partial charge in [0.05, 0.1) is 40.7 Å². The van der Waals surface area contributed by atoms with Crippen LogP contribution >= 0.6 is 0 Å². The second kappa shape index (κ2) is 15.5. The lowest BCUT2D eigenvalue weighted by molar-refractivity contribution is -0.144. The van der Waals surface area contributed by atoms with E-state index in [1.165, 1.54) is 0 Å². The smallest absolute Gasteiger partial charge is 0.320 e. The van der Waals surface area contributed by atoms with Crippen molar-refractivity contribution in [1.82, 2.24) is 29.7 Å². The number of carbonyl (C=O) groups is 2. The largest absolute Gasteiger partial charge is 0.480 e. The third-order valence-electron chi connectivity index (χ3n) is 7.53. The molecule has 42 heavy (non-hydrogen) atoms. The van der Waals surface area contributed by atoms with Gasteiger partial charge >= 0.3 is 11.9 Å². The lowest BCUT2D eigenvalue weighted by Gasteiger charge is -2.33. The maximum Gasteiger partial charge on any atom is 0.320 e. The molecule has 0 saturated carbocycles. The molecule has 3 aromatic rings. The Bertz CT molecular complexity index is 1340. The van der Waals surface area contributed by atoms with Gasteiger partial charge in [-0.2, -0.15) is 0 Å². The minimum atomic E-state index is -0.947. The number of nitrogens with zero attached hydrogens (tertiary/aromatic N) is 6. The predicted molar refractivity (Wildman–Crippen MR) is 160 cm³/mol. The highest BCUT2D eigenvalue weighted by Crippen LogP contribution is 2.22. The predicted octanol–water partition coefficient (Wildman–Crippen LogP) is 2.81. The van der Waals surface area contributed by atoms with E-state index in [4.69, 9.17) is 20.7 Å². The van der Waals surface area contributed by atoms with Gasteiger partial charge in [0.2, 0.25) is 0 Å². The summed E-state index contributed by atoms with van der Waals surface area (Å²) in [6.45, 7) is 6.04. The monoisotopic (exact) mass is 575 g/mol. The van der Waals surface area contributed by atoms with Crippen molar-refractivity contribution in [3.8, 4) is 22.8 Å². The van der Waals surface area contributed by atoms with Crippen LogP contribution in [0.1, 0.15) is 37.6 Å². The van der Waals surface area contributed by atoms with Crippen LogP contribution in [-0.2, 0) is 22.7 Å². The molecule has 0 radical (unpaired) electrons. The Labute approximate surface area is 247 Å². The number of pyridine rings is 3. The minimum absolute atomic E-state index is 0.181. The van der Waals surface area contributed by atoms with Gasteiger partial charge in [-0.25, -0.2) is 15.0 Å². The number of likely N-dealkylation sites (N-methyl/N-ethyl adjacent to an activating group) is 1. The second-order valence-corrected chi connectivity index (χ2v) is 10.6. The second-order valence-electron chi connectivity index (χ2n) is 10.6. The molecule has 0 aromatic carbocycles. The van der Waals surface area contributed by atoms with Crippen molar-refractivity contribution >= 4 is 11.9 Å². The molecule has 11 nitrogen and oxygen atoms in total. The fourth-order valence-electron chi connectivity index (χ4n) is 5.26. The Hall–Kier alpha value is -3.77. The molecule has 0 amide bonds. The summed E-state index contributed by atoms with van der Waals surface area (Å²) in [6.07, 6.45) is 1.95. The van der Waals surface area contributed by atoms with Crippen LogP contribution in [0.2, 0.25) is 0 Å². The van der Waals surface area contributed by atoms with Crippen LogP contribution in [0.3, 0.4) is 0 Å². The van der Waals surface area contributed by atoms with Gasteiger partial charge in [-0.15, -0.1) is 0 Å². The fraction of sp³-hybridized carbons (Fsp3) is 0.452. The number of carboxylic acid groups (broad SMARTS) is 2.